The molecule has 2 unspecified atom stereocenters. The number of hydrogen-bond donors (Lipinski definition) is 3. The Bertz CT molecular complexity index is 1030. The molecule has 10 heteroatoms. The highest BCUT2D eigenvalue weighted by molar-refractivity contribution is 5.80. The van der Waals surface area contributed by atoms with Crippen molar-refractivity contribution >= 4 is 18.0 Å². The molecule has 0 bridgehead atoms. The zero-order chi connectivity index (χ0) is 25.6. The van der Waals surface area contributed by atoms with Crippen LogP contribution in [0.1, 0.15) is 43.2 Å². The monoisotopic (exact) mass is 492 g/mol. The number of fused-ring (bicyclic) bond motifs is 3. The van der Waals surface area contributed by atoms with Crippen molar-refractivity contribution in [2.45, 2.75) is 44.3 Å². The maximum atomic E-state index is 13.5. The number of alkyl halides is 3. The quantitative estimate of drug-likeness (QED) is 0.454. The largest absolute Gasteiger partial charge is 0.481 e. The van der Waals surface area contributed by atoms with Crippen molar-refractivity contribution in [3.8, 4) is 11.1 Å². The normalized spacial score (nSPS) is 14.4. The summed E-state index contributed by atoms with van der Waals surface area (Å²) in [6, 6.07) is 12.6. The summed E-state index contributed by atoms with van der Waals surface area (Å²) in [7, 11) is 0. The first-order valence-electron chi connectivity index (χ1n) is 11.3. The van der Waals surface area contributed by atoms with Crippen LogP contribution in [-0.4, -0.2) is 48.4 Å². The van der Waals surface area contributed by atoms with Crippen molar-refractivity contribution in [3.63, 3.8) is 0 Å². The lowest BCUT2D eigenvalue weighted by molar-refractivity contribution is -0.160. The van der Waals surface area contributed by atoms with E-state index in [1.807, 2.05) is 48.5 Å². The lowest BCUT2D eigenvalue weighted by Gasteiger charge is -2.22. The molecule has 0 aromatic heterocycles. The van der Waals surface area contributed by atoms with Crippen LogP contribution in [-0.2, 0) is 14.3 Å². The van der Waals surface area contributed by atoms with E-state index in [-0.39, 0.29) is 25.5 Å². The van der Waals surface area contributed by atoms with Crippen LogP contribution in [0.15, 0.2) is 48.5 Å². The van der Waals surface area contributed by atoms with Gasteiger partial charge in [-0.15, -0.1) is 0 Å². The zero-order valence-electron chi connectivity index (χ0n) is 19.1. The molecule has 0 saturated heterocycles. The molecule has 2 atom stereocenters. The number of carbonyl (C=O) groups excluding carboxylic acids is 2. The van der Waals surface area contributed by atoms with E-state index in [1.165, 1.54) is 0 Å². The van der Waals surface area contributed by atoms with Crippen LogP contribution in [0, 0.1) is 5.92 Å². The predicted molar refractivity (Wildman–Crippen MR) is 122 cm³/mol. The predicted octanol–water partition coefficient (Wildman–Crippen LogP) is 4.46. The Morgan fingerprint density at radius 3 is 2.11 bits per heavy atom. The van der Waals surface area contributed by atoms with Gasteiger partial charge >= 0.3 is 18.2 Å². The number of hydrogen-bond acceptors (Lipinski definition) is 4. The summed E-state index contributed by atoms with van der Waals surface area (Å²) in [5.74, 6) is -3.39. The van der Waals surface area contributed by atoms with Gasteiger partial charge in [0.05, 0.1) is 12.3 Å². The van der Waals surface area contributed by atoms with Crippen LogP contribution in [0.4, 0.5) is 18.0 Å². The lowest BCUT2D eigenvalue weighted by Crippen LogP contribution is -2.49. The topological polar surface area (TPSA) is 105 Å². The molecule has 2 aromatic rings. The summed E-state index contributed by atoms with van der Waals surface area (Å²) in [6.45, 7) is 1.29. The van der Waals surface area contributed by atoms with Gasteiger partial charge in [-0.05, 0) is 28.7 Å². The number of alkyl carbamates (subject to hydrolysis) is 1. The second-order valence-corrected chi connectivity index (χ2v) is 8.40. The molecule has 0 aliphatic heterocycles. The maximum absolute atomic E-state index is 13.5. The van der Waals surface area contributed by atoms with Crippen molar-refractivity contribution in [1.82, 2.24) is 10.6 Å². The highest BCUT2D eigenvalue weighted by Crippen LogP contribution is 2.44. The van der Waals surface area contributed by atoms with E-state index in [9.17, 15) is 27.6 Å². The first kappa shape index (κ1) is 26.1. The molecule has 35 heavy (non-hydrogen) atoms. The minimum Gasteiger partial charge on any atom is -0.481 e. The molecule has 0 radical (unpaired) electrons. The molecule has 0 saturated carbocycles. The van der Waals surface area contributed by atoms with E-state index >= 15 is 0 Å². The number of aliphatic carboxylic acids is 1. The number of nitrogens with one attached hydrogen (secondary N) is 2. The van der Waals surface area contributed by atoms with Gasteiger partial charge in [-0.2, -0.15) is 13.2 Å². The van der Waals surface area contributed by atoms with Gasteiger partial charge in [0.15, 0.2) is 0 Å². The van der Waals surface area contributed by atoms with Gasteiger partial charge in [0, 0.05) is 12.5 Å². The first-order chi connectivity index (χ1) is 16.6. The van der Waals surface area contributed by atoms with Gasteiger partial charge in [0.25, 0.3) is 0 Å². The van der Waals surface area contributed by atoms with E-state index in [2.05, 4.69) is 5.32 Å². The summed E-state index contributed by atoms with van der Waals surface area (Å²) in [5.41, 5.74) is 3.77. The molecule has 1 aliphatic carbocycles. The third-order valence-corrected chi connectivity index (χ3v) is 5.95. The van der Waals surface area contributed by atoms with Crippen LogP contribution in [0.25, 0.3) is 11.1 Å². The van der Waals surface area contributed by atoms with Crippen LogP contribution in [0.3, 0.4) is 0 Å². The van der Waals surface area contributed by atoms with Crippen molar-refractivity contribution < 1.29 is 37.4 Å². The number of carboxylic acid groups (broad SMARTS) is 1. The molecule has 1 aliphatic rings. The van der Waals surface area contributed by atoms with Crippen LogP contribution in [0.2, 0.25) is 0 Å². The highest BCUT2D eigenvalue weighted by Gasteiger charge is 2.42. The van der Waals surface area contributed by atoms with E-state index in [0.717, 1.165) is 22.3 Å². The molecule has 0 heterocycles. The molecule has 0 spiro atoms. The molecule has 7 nitrogen and oxygen atoms in total. The molecule has 2 aromatic carbocycles. The van der Waals surface area contributed by atoms with Gasteiger partial charge in [-0.25, -0.2) is 4.79 Å². The van der Waals surface area contributed by atoms with E-state index in [0.29, 0.717) is 6.42 Å². The number of ether oxygens (including phenoxy) is 1. The fraction of sp³-hybridized carbons (Fsp3) is 0.400. The Morgan fingerprint density at radius 1 is 1.03 bits per heavy atom. The van der Waals surface area contributed by atoms with Crippen molar-refractivity contribution in [2.75, 3.05) is 13.2 Å². The third-order valence-electron chi connectivity index (χ3n) is 5.95. The maximum Gasteiger partial charge on any atom is 0.409 e. The molecule has 3 N–H and O–H groups in total. The average Bonchev–Trinajstić information content (AvgIpc) is 3.13. The fourth-order valence-corrected chi connectivity index (χ4v) is 4.19. The summed E-state index contributed by atoms with van der Waals surface area (Å²) in [5, 5.41) is 13.1. The fourth-order valence-electron chi connectivity index (χ4n) is 4.19. The van der Waals surface area contributed by atoms with Gasteiger partial charge in [0.1, 0.15) is 12.6 Å². The van der Waals surface area contributed by atoms with E-state index < -0.39 is 42.5 Å². The second kappa shape index (κ2) is 11.2. The van der Waals surface area contributed by atoms with Gasteiger partial charge < -0.3 is 20.5 Å². The number of halogens is 3. The molecular weight excluding hydrogens is 465 g/mol. The van der Waals surface area contributed by atoms with Crippen LogP contribution >= 0.6 is 0 Å². The number of carboxylic acids is 1. The number of amides is 2. The lowest BCUT2D eigenvalue weighted by atomic mass is 9.98. The van der Waals surface area contributed by atoms with Crippen LogP contribution < -0.4 is 10.6 Å². The zero-order valence-corrected chi connectivity index (χ0v) is 19.1. The Balaban J connectivity index is 1.60. The van der Waals surface area contributed by atoms with E-state index in [1.54, 1.807) is 12.2 Å². The third kappa shape index (κ3) is 6.52. The Morgan fingerprint density at radius 2 is 1.60 bits per heavy atom. The minimum absolute atomic E-state index is 0.173. The Hall–Kier alpha value is -3.56. The van der Waals surface area contributed by atoms with Crippen LogP contribution in [0.5, 0.6) is 0 Å². The number of benzene rings is 2. The van der Waals surface area contributed by atoms with Crippen molar-refractivity contribution in [2.24, 2.45) is 5.92 Å². The summed E-state index contributed by atoms with van der Waals surface area (Å²) >= 11 is 0. The Kier molecular flexibility index (Phi) is 8.37. The molecular formula is C25H27F3N2O5. The smallest absolute Gasteiger partial charge is 0.409 e. The second-order valence-electron chi connectivity index (χ2n) is 8.40. The molecule has 3 rings (SSSR count). The summed E-state index contributed by atoms with van der Waals surface area (Å²) < 4.78 is 45.6. The molecule has 0 fully saturated rings. The number of carbonyl (C=O) groups is 3. The van der Waals surface area contributed by atoms with Gasteiger partial charge in [-0.1, -0.05) is 61.9 Å². The Labute approximate surface area is 200 Å². The summed E-state index contributed by atoms with van der Waals surface area (Å²) in [6.07, 6.45) is -6.47. The van der Waals surface area contributed by atoms with Gasteiger partial charge in [-0.3, -0.25) is 9.59 Å². The highest BCUT2D eigenvalue weighted by atomic mass is 19.4. The minimum atomic E-state index is -4.90. The van der Waals surface area contributed by atoms with E-state index in [4.69, 9.17) is 9.84 Å². The van der Waals surface area contributed by atoms with Gasteiger partial charge in [0.2, 0.25) is 5.91 Å². The standard InChI is InChI=1S/C25H27F3N2O5/c1-2-7-15(23(32)33)13-29-22(31)12-21(25(26,27)28)30-24(34)35-14-20-18-10-5-3-8-16(18)17-9-4-6-11-19(17)20/h3-6,8-11,15,20-21H,2,7,12-14H2,1H3,(H,29,31)(H,30,34)(H,32,33). The van der Waals surface area contributed by atoms with Crippen molar-refractivity contribution in [1.29, 1.82) is 0 Å². The average molecular weight is 492 g/mol. The number of rotatable bonds is 10. The first-order valence-corrected chi connectivity index (χ1v) is 11.3. The summed E-state index contributed by atoms with van der Waals surface area (Å²) in [4.78, 5) is 35.5. The SMILES string of the molecule is CCCC(CNC(=O)CC(NC(=O)OCC1c2ccccc2-c2ccccc21)C(F)(F)F)C(=O)O. The molecule has 188 valence electrons. The van der Waals surface area contributed by atoms with Crippen molar-refractivity contribution in [3.05, 3.63) is 59.7 Å². The molecule has 2 amide bonds.